The monoisotopic (exact) mass is 268 g/mol. The Labute approximate surface area is 115 Å². The Morgan fingerprint density at radius 2 is 2.37 bits per heavy atom. The van der Waals surface area contributed by atoms with Crippen LogP contribution in [0.4, 0.5) is 5.69 Å². The Hall–Kier alpha value is -2.32. The summed E-state index contributed by atoms with van der Waals surface area (Å²) in [7, 11) is 2.00. The van der Waals surface area contributed by atoms with Crippen LogP contribution in [-0.4, -0.2) is 16.4 Å². The quantitative estimate of drug-likeness (QED) is 0.733. The Morgan fingerprint density at radius 1 is 1.47 bits per heavy atom. The summed E-state index contributed by atoms with van der Waals surface area (Å²) in [5.74, 6) is 0. The summed E-state index contributed by atoms with van der Waals surface area (Å²) in [5.41, 5.74) is 2.72. The van der Waals surface area contributed by atoms with Crippen LogP contribution in [0.3, 0.4) is 0 Å². The normalized spacial score (nSPS) is 10.5. The van der Waals surface area contributed by atoms with Crippen LogP contribution >= 0.6 is 11.3 Å². The fourth-order valence-electron chi connectivity index (χ4n) is 2.00. The second kappa shape index (κ2) is 4.75. The second-order valence-corrected chi connectivity index (χ2v) is 5.22. The van der Waals surface area contributed by atoms with Gasteiger partial charge in [-0.05, 0) is 18.2 Å². The van der Waals surface area contributed by atoms with Crippen LogP contribution in [0.15, 0.2) is 42.0 Å². The fourth-order valence-corrected chi connectivity index (χ4v) is 2.72. The third kappa shape index (κ3) is 2.30. The van der Waals surface area contributed by atoms with Crippen molar-refractivity contribution < 1.29 is 0 Å². The van der Waals surface area contributed by atoms with Gasteiger partial charge in [-0.2, -0.15) is 5.26 Å². The highest BCUT2D eigenvalue weighted by Crippen LogP contribution is 2.18. The molecule has 3 rings (SSSR count). The molecule has 0 spiro atoms. The Balaban J connectivity index is 1.82. The molecule has 0 saturated carbocycles. The minimum Gasteiger partial charge on any atom is -0.369 e. The van der Waals surface area contributed by atoms with Gasteiger partial charge in [0, 0.05) is 30.5 Å². The molecule has 94 valence electrons. The smallest absolute Gasteiger partial charge is 0.193 e. The van der Waals surface area contributed by atoms with Crippen LogP contribution in [0.5, 0.6) is 0 Å². The largest absolute Gasteiger partial charge is 0.369 e. The molecule has 2 aromatic heterocycles. The zero-order valence-electron chi connectivity index (χ0n) is 10.4. The van der Waals surface area contributed by atoms with Gasteiger partial charge in [0.2, 0.25) is 0 Å². The van der Waals surface area contributed by atoms with Gasteiger partial charge in [0.05, 0.1) is 23.9 Å². The SMILES string of the molecule is CN(Cc1cn2ccsc2n1)c1cccc(C#N)c1. The maximum Gasteiger partial charge on any atom is 0.193 e. The third-order valence-electron chi connectivity index (χ3n) is 2.96. The molecule has 0 bridgehead atoms. The molecule has 0 fully saturated rings. The van der Waals surface area contributed by atoms with E-state index >= 15 is 0 Å². The van der Waals surface area contributed by atoms with Crippen LogP contribution in [0.1, 0.15) is 11.3 Å². The van der Waals surface area contributed by atoms with Crippen LogP contribution < -0.4 is 4.90 Å². The average Bonchev–Trinajstić information content (AvgIpc) is 2.99. The molecular formula is C14H12N4S. The lowest BCUT2D eigenvalue weighted by molar-refractivity contribution is 0.896. The number of anilines is 1. The van der Waals surface area contributed by atoms with Gasteiger partial charge >= 0.3 is 0 Å². The molecule has 0 radical (unpaired) electrons. The highest BCUT2D eigenvalue weighted by Gasteiger charge is 2.07. The van der Waals surface area contributed by atoms with Crippen molar-refractivity contribution in [3.8, 4) is 6.07 Å². The molecule has 4 nitrogen and oxygen atoms in total. The highest BCUT2D eigenvalue weighted by atomic mass is 32.1. The first-order chi connectivity index (χ1) is 9.26. The number of hydrogen-bond acceptors (Lipinski definition) is 4. The Bertz CT molecular complexity index is 721. The standard InChI is InChI=1S/C14H12N4S/c1-17(13-4-2-3-11(7-13)8-15)9-12-10-18-5-6-19-14(18)16-12/h2-7,10H,9H2,1H3. The van der Waals surface area contributed by atoms with E-state index in [4.69, 9.17) is 5.26 Å². The Morgan fingerprint density at radius 3 is 3.16 bits per heavy atom. The molecule has 0 amide bonds. The number of nitriles is 1. The Kier molecular flexibility index (Phi) is 2.94. The first-order valence-corrected chi connectivity index (χ1v) is 6.76. The summed E-state index contributed by atoms with van der Waals surface area (Å²) in [4.78, 5) is 7.65. The summed E-state index contributed by atoms with van der Waals surface area (Å²) in [6, 6.07) is 9.75. The summed E-state index contributed by atoms with van der Waals surface area (Å²) in [6.45, 7) is 0.725. The minimum atomic E-state index is 0.676. The third-order valence-corrected chi connectivity index (χ3v) is 3.73. The zero-order chi connectivity index (χ0) is 13.2. The summed E-state index contributed by atoms with van der Waals surface area (Å²) in [5, 5.41) is 10.9. The molecule has 2 heterocycles. The number of hydrogen-bond donors (Lipinski definition) is 0. The van der Waals surface area contributed by atoms with Crippen molar-refractivity contribution in [2.24, 2.45) is 0 Å². The second-order valence-electron chi connectivity index (χ2n) is 4.34. The van der Waals surface area contributed by atoms with Gasteiger partial charge in [0.15, 0.2) is 4.96 Å². The van der Waals surface area contributed by atoms with E-state index in [0.29, 0.717) is 5.56 Å². The number of nitrogens with zero attached hydrogens (tertiary/aromatic N) is 4. The van der Waals surface area contributed by atoms with Crippen LogP contribution in [0.2, 0.25) is 0 Å². The van der Waals surface area contributed by atoms with Crippen LogP contribution in [0.25, 0.3) is 4.96 Å². The van der Waals surface area contributed by atoms with Crippen molar-refractivity contribution in [1.82, 2.24) is 9.38 Å². The van der Waals surface area contributed by atoms with E-state index in [1.54, 1.807) is 11.3 Å². The van der Waals surface area contributed by atoms with Crippen molar-refractivity contribution >= 4 is 22.0 Å². The van der Waals surface area contributed by atoms with Crippen molar-refractivity contribution in [3.63, 3.8) is 0 Å². The van der Waals surface area contributed by atoms with E-state index in [-0.39, 0.29) is 0 Å². The lowest BCUT2D eigenvalue weighted by Gasteiger charge is -2.17. The fraction of sp³-hybridized carbons (Fsp3) is 0.143. The molecule has 19 heavy (non-hydrogen) atoms. The van der Waals surface area contributed by atoms with Crippen molar-refractivity contribution in [2.45, 2.75) is 6.54 Å². The molecular weight excluding hydrogens is 256 g/mol. The predicted molar refractivity (Wildman–Crippen MR) is 76.3 cm³/mol. The van der Waals surface area contributed by atoms with Crippen LogP contribution in [-0.2, 0) is 6.54 Å². The molecule has 0 aliphatic heterocycles. The van der Waals surface area contributed by atoms with E-state index in [2.05, 4.69) is 16.0 Å². The number of aromatic nitrogens is 2. The van der Waals surface area contributed by atoms with Gasteiger partial charge < -0.3 is 4.90 Å². The van der Waals surface area contributed by atoms with Crippen molar-refractivity contribution in [2.75, 3.05) is 11.9 Å². The van der Waals surface area contributed by atoms with E-state index in [9.17, 15) is 0 Å². The van der Waals surface area contributed by atoms with E-state index in [1.807, 2.05) is 53.5 Å². The molecule has 0 aliphatic rings. The molecule has 0 aliphatic carbocycles. The first-order valence-electron chi connectivity index (χ1n) is 5.88. The highest BCUT2D eigenvalue weighted by molar-refractivity contribution is 7.15. The molecule has 0 saturated heterocycles. The van der Waals surface area contributed by atoms with Gasteiger partial charge in [-0.1, -0.05) is 6.07 Å². The van der Waals surface area contributed by atoms with E-state index in [1.165, 1.54) is 0 Å². The number of thiazole rings is 1. The zero-order valence-corrected chi connectivity index (χ0v) is 11.3. The minimum absolute atomic E-state index is 0.676. The molecule has 5 heteroatoms. The summed E-state index contributed by atoms with van der Waals surface area (Å²) >= 11 is 1.63. The summed E-state index contributed by atoms with van der Waals surface area (Å²) in [6.07, 6.45) is 4.04. The van der Waals surface area contributed by atoms with Gasteiger partial charge in [-0.25, -0.2) is 4.98 Å². The predicted octanol–water partition coefficient (Wildman–Crippen LogP) is 2.90. The van der Waals surface area contributed by atoms with Crippen molar-refractivity contribution in [3.05, 3.63) is 53.3 Å². The lowest BCUT2D eigenvalue weighted by atomic mass is 10.2. The van der Waals surface area contributed by atoms with Gasteiger partial charge in [-0.15, -0.1) is 11.3 Å². The van der Waals surface area contributed by atoms with Crippen LogP contribution in [0, 0.1) is 11.3 Å². The molecule has 0 N–H and O–H groups in total. The lowest BCUT2D eigenvalue weighted by Crippen LogP contribution is -2.16. The van der Waals surface area contributed by atoms with Gasteiger partial charge in [0.25, 0.3) is 0 Å². The van der Waals surface area contributed by atoms with E-state index < -0.39 is 0 Å². The number of fused-ring (bicyclic) bond motifs is 1. The number of imidazole rings is 1. The molecule has 0 unspecified atom stereocenters. The maximum absolute atomic E-state index is 8.92. The van der Waals surface area contributed by atoms with E-state index in [0.717, 1.165) is 22.9 Å². The molecule has 1 aromatic carbocycles. The number of benzene rings is 1. The molecule has 0 atom stereocenters. The van der Waals surface area contributed by atoms with Crippen molar-refractivity contribution in [1.29, 1.82) is 5.26 Å². The summed E-state index contributed by atoms with van der Waals surface area (Å²) < 4.78 is 2.03. The molecule has 3 aromatic rings. The first kappa shape index (κ1) is 11.8. The maximum atomic E-state index is 8.92. The average molecular weight is 268 g/mol. The van der Waals surface area contributed by atoms with Gasteiger partial charge in [0.1, 0.15) is 0 Å². The topological polar surface area (TPSA) is 44.3 Å². The number of rotatable bonds is 3. The van der Waals surface area contributed by atoms with Gasteiger partial charge in [-0.3, -0.25) is 4.40 Å².